The van der Waals surface area contributed by atoms with Gasteiger partial charge < -0.3 is 25.2 Å². The standard InChI is InChI=1S/C31H42N2O6/c1-30(9-3-10-30)17-32-28(35)24-18-4-5-19(14-18)25(24)33-27(34)23-16-22(15-20-8-13-38-26(20)23)39-21-6-11-31(2,12-7-21)29(36)37/h15-16,18-19,21,24-25H,3-14,17H2,1-2H3,(H,32,35)(H,33,34)(H,36,37)/t18-,19+,21-,24+,25-,31+/m1/s1. The number of carboxylic acid groups (broad SMARTS) is 1. The first-order valence-corrected chi connectivity index (χ1v) is 14.9. The summed E-state index contributed by atoms with van der Waals surface area (Å²) in [5.41, 5.74) is 0.944. The van der Waals surface area contributed by atoms with Crippen LogP contribution < -0.4 is 20.1 Å². The molecule has 0 spiro atoms. The molecule has 8 nitrogen and oxygen atoms in total. The van der Waals surface area contributed by atoms with Gasteiger partial charge in [-0.25, -0.2) is 0 Å². The molecule has 0 saturated heterocycles. The number of rotatable bonds is 8. The van der Waals surface area contributed by atoms with Crippen LogP contribution in [0, 0.1) is 28.6 Å². The Kier molecular flexibility index (Phi) is 6.79. The molecule has 39 heavy (non-hydrogen) atoms. The van der Waals surface area contributed by atoms with E-state index in [1.165, 1.54) is 6.42 Å². The summed E-state index contributed by atoms with van der Waals surface area (Å²) in [5, 5.41) is 16.0. The maximum Gasteiger partial charge on any atom is 0.309 e. The Morgan fingerprint density at radius 2 is 1.79 bits per heavy atom. The van der Waals surface area contributed by atoms with E-state index >= 15 is 0 Å². The van der Waals surface area contributed by atoms with E-state index in [2.05, 4.69) is 17.6 Å². The summed E-state index contributed by atoms with van der Waals surface area (Å²) in [7, 11) is 0. The second-order valence-electron chi connectivity index (χ2n) is 13.5. The van der Waals surface area contributed by atoms with Gasteiger partial charge in [0.15, 0.2) is 0 Å². The summed E-state index contributed by atoms with van der Waals surface area (Å²) in [6.45, 7) is 5.29. The molecule has 1 aliphatic heterocycles. The molecule has 0 aromatic heterocycles. The Balaban J connectivity index is 1.15. The first-order chi connectivity index (χ1) is 18.6. The van der Waals surface area contributed by atoms with E-state index < -0.39 is 11.4 Å². The Bertz CT molecular complexity index is 1150. The SMILES string of the molecule is CC1(CNC(=O)[C@H]2[C@@H]3CC[C@@H](C3)[C@H]2NC(=O)c2cc(O[C@H]3CC[C@@](C)(C(=O)O)CC3)cc3c2OCC3)CCC1. The van der Waals surface area contributed by atoms with Crippen LogP contribution in [0.1, 0.15) is 94.0 Å². The normalized spacial score (nSPS) is 33.9. The lowest BCUT2D eigenvalue weighted by Crippen LogP contribution is -2.51. The zero-order valence-electron chi connectivity index (χ0n) is 23.2. The second kappa shape index (κ2) is 10.0. The van der Waals surface area contributed by atoms with Crippen LogP contribution in [0.4, 0.5) is 0 Å². The number of nitrogens with one attached hydrogen (secondary N) is 2. The van der Waals surface area contributed by atoms with E-state index in [-0.39, 0.29) is 35.3 Å². The maximum atomic E-state index is 13.7. The molecule has 0 unspecified atom stereocenters. The Labute approximate surface area is 230 Å². The summed E-state index contributed by atoms with van der Waals surface area (Å²) in [6, 6.07) is 3.56. The van der Waals surface area contributed by atoms with Crippen molar-refractivity contribution in [1.29, 1.82) is 0 Å². The molecule has 5 aliphatic rings. The molecule has 1 aromatic rings. The van der Waals surface area contributed by atoms with Crippen molar-refractivity contribution in [2.24, 2.45) is 28.6 Å². The minimum Gasteiger partial charge on any atom is -0.492 e. The quantitative estimate of drug-likeness (QED) is 0.450. The third-order valence-electron chi connectivity index (χ3n) is 10.6. The van der Waals surface area contributed by atoms with Crippen molar-refractivity contribution < 1.29 is 29.0 Å². The molecular formula is C31H42N2O6. The number of fused-ring (bicyclic) bond motifs is 3. The predicted molar refractivity (Wildman–Crippen MR) is 145 cm³/mol. The van der Waals surface area contributed by atoms with Crippen LogP contribution in [0.5, 0.6) is 11.5 Å². The second-order valence-corrected chi connectivity index (χ2v) is 13.5. The van der Waals surface area contributed by atoms with E-state index in [9.17, 15) is 19.5 Å². The van der Waals surface area contributed by atoms with Crippen LogP contribution in [-0.2, 0) is 16.0 Å². The Hall–Kier alpha value is -2.77. The Morgan fingerprint density at radius 1 is 1.05 bits per heavy atom. The molecule has 3 N–H and O–H groups in total. The van der Waals surface area contributed by atoms with Gasteiger partial charge in [0.05, 0.1) is 29.6 Å². The number of carboxylic acids is 1. The molecule has 1 heterocycles. The maximum absolute atomic E-state index is 13.7. The van der Waals surface area contributed by atoms with Crippen molar-refractivity contribution in [3.63, 3.8) is 0 Å². The van der Waals surface area contributed by atoms with Gasteiger partial charge in [0.2, 0.25) is 5.91 Å². The van der Waals surface area contributed by atoms with E-state index in [0.29, 0.717) is 74.2 Å². The number of ether oxygens (including phenoxy) is 2. The van der Waals surface area contributed by atoms with E-state index in [0.717, 1.165) is 37.7 Å². The number of carbonyl (C=O) groups is 3. The molecule has 212 valence electrons. The zero-order chi connectivity index (χ0) is 27.4. The number of benzene rings is 1. The lowest BCUT2D eigenvalue weighted by Gasteiger charge is -2.39. The largest absolute Gasteiger partial charge is 0.492 e. The van der Waals surface area contributed by atoms with Crippen molar-refractivity contribution in [3.05, 3.63) is 23.3 Å². The van der Waals surface area contributed by atoms with E-state index in [1.807, 2.05) is 6.07 Å². The van der Waals surface area contributed by atoms with Gasteiger partial charge in [0, 0.05) is 24.6 Å². The summed E-state index contributed by atoms with van der Waals surface area (Å²) in [6.07, 6.45) is 9.76. The lowest BCUT2D eigenvalue weighted by atomic mass is 9.70. The van der Waals surface area contributed by atoms with Gasteiger partial charge in [-0.1, -0.05) is 13.3 Å². The topological polar surface area (TPSA) is 114 Å². The molecule has 0 radical (unpaired) electrons. The summed E-state index contributed by atoms with van der Waals surface area (Å²) < 4.78 is 12.2. The van der Waals surface area contributed by atoms with Crippen LogP contribution in [0.2, 0.25) is 0 Å². The van der Waals surface area contributed by atoms with Gasteiger partial charge in [0.25, 0.3) is 5.91 Å². The number of hydrogen-bond acceptors (Lipinski definition) is 5. The number of hydrogen-bond donors (Lipinski definition) is 3. The van der Waals surface area contributed by atoms with E-state index in [1.54, 1.807) is 13.0 Å². The summed E-state index contributed by atoms with van der Waals surface area (Å²) >= 11 is 0. The van der Waals surface area contributed by atoms with Crippen molar-refractivity contribution in [3.8, 4) is 11.5 Å². The molecule has 8 heteroatoms. The van der Waals surface area contributed by atoms with Gasteiger partial charge in [-0.05, 0) is 94.1 Å². The van der Waals surface area contributed by atoms with E-state index in [4.69, 9.17) is 9.47 Å². The number of amides is 2. The molecule has 4 atom stereocenters. The number of carbonyl (C=O) groups excluding carboxylic acids is 2. The highest BCUT2D eigenvalue weighted by atomic mass is 16.5. The van der Waals surface area contributed by atoms with Gasteiger partial charge >= 0.3 is 5.97 Å². The summed E-state index contributed by atoms with van der Waals surface area (Å²) in [5.74, 6) is 0.845. The fraction of sp³-hybridized carbons (Fsp3) is 0.710. The van der Waals surface area contributed by atoms with Crippen LogP contribution in [-0.4, -0.2) is 48.2 Å². The van der Waals surface area contributed by atoms with Gasteiger partial charge in [0.1, 0.15) is 11.5 Å². The Morgan fingerprint density at radius 3 is 2.49 bits per heavy atom. The molecule has 2 amide bonds. The molecule has 4 aliphatic carbocycles. The molecule has 1 aromatic carbocycles. The highest BCUT2D eigenvalue weighted by Gasteiger charge is 2.52. The van der Waals surface area contributed by atoms with Crippen molar-refractivity contribution in [2.45, 2.75) is 96.6 Å². The van der Waals surface area contributed by atoms with Crippen molar-refractivity contribution >= 4 is 17.8 Å². The number of aliphatic carboxylic acids is 1. The van der Waals surface area contributed by atoms with Crippen LogP contribution >= 0.6 is 0 Å². The zero-order valence-corrected chi connectivity index (χ0v) is 23.2. The molecule has 2 bridgehead atoms. The first kappa shape index (κ1) is 26.5. The molecule has 4 fully saturated rings. The first-order valence-electron chi connectivity index (χ1n) is 14.9. The smallest absolute Gasteiger partial charge is 0.309 e. The fourth-order valence-corrected chi connectivity index (χ4v) is 7.75. The fourth-order valence-electron chi connectivity index (χ4n) is 7.75. The predicted octanol–water partition coefficient (Wildman–Crippen LogP) is 4.48. The van der Waals surface area contributed by atoms with Crippen LogP contribution in [0.15, 0.2) is 12.1 Å². The minimum absolute atomic E-state index is 0.0788. The van der Waals surface area contributed by atoms with Crippen molar-refractivity contribution in [1.82, 2.24) is 10.6 Å². The molecule has 6 rings (SSSR count). The van der Waals surface area contributed by atoms with Gasteiger partial charge in [-0.3, -0.25) is 14.4 Å². The monoisotopic (exact) mass is 538 g/mol. The summed E-state index contributed by atoms with van der Waals surface area (Å²) in [4.78, 5) is 38.7. The average molecular weight is 539 g/mol. The highest BCUT2D eigenvalue weighted by molar-refractivity contribution is 5.98. The van der Waals surface area contributed by atoms with Gasteiger partial charge in [-0.2, -0.15) is 0 Å². The highest BCUT2D eigenvalue weighted by Crippen LogP contribution is 2.49. The average Bonchev–Trinajstić information content (AvgIpc) is 3.63. The lowest BCUT2D eigenvalue weighted by molar-refractivity contribution is -0.150. The molecule has 4 saturated carbocycles. The molecular weight excluding hydrogens is 496 g/mol. The third-order valence-corrected chi connectivity index (χ3v) is 10.6. The van der Waals surface area contributed by atoms with Crippen molar-refractivity contribution in [2.75, 3.05) is 13.2 Å². The minimum atomic E-state index is -0.751. The van der Waals surface area contributed by atoms with Crippen LogP contribution in [0.3, 0.4) is 0 Å². The van der Waals surface area contributed by atoms with Gasteiger partial charge in [-0.15, -0.1) is 0 Å². The third kappa shape index (κ3) is 5.00. The van der Waals surface area contributed by atoms with Crippen LogP contribution in [0.25, 0.3) is 0 Å².